The first-order valence-corrected chi connectivity index (χ1v) is 9.49. The molecule has 3 aromatic carbocycles. The van der Waals surface area contributed by atoms with Crippen LogP contribution >= 0.6 is 0 Å². The summed E-state index contributed by atoms with van der Waals surface area (Å²) < 4.78 is 13.9. The largest absolute Gasteiger partial charge is 0.380 e. The molecular weight excluding hydrogens is 357 g/mol. The lowest BCUT2D eigenvalue weighted by atomic mass is 9.99. The van der Waals surface area contributed by atoms with Gasteiger partial charge in [0.2, 0.25) is 10.9 Å². The molecular formula is C22H22FN3O2. The zero-order valence-corrected chi connectivity index (χ0v) is 15.5. The lowest BCUT2D eigenvalue weighted by Gasteiger charge is -2.36. The van der Waals surface area contributed by atoms with Crippen molar-refractivity contribution in [3.63, 3.8) is 0 Å². The quantitative estimate of drug-likeness (QED) is 0.666. The Balaban J connectivity index is 1.31. The minimum atomic E-state index is -0.441. The molecule has 144 valence electrons. The minimum Gasteiger partial charge on any atom is -0.380 e. The standard InChI is InChI=1S/C22H22FN3O2/c23-17-8-4-5-9-18(17)26-14-12-25(13-15-26)11-10-24-20-19(21(27)22(20)28)16-6-2-1-3-7-16/h1-9,24H,10-15H2. The predicted molar refractivity (Wildman–Crippen MR) is 110 cm³/mol. The Morgan fingerprint density at radius 3 is 2.25 bits per heavy atom. The number of para-hydroxylation sites is 1. The summed E-state index contributed by atoms with van der Waals surface area (Å²) in [6, 6.07) is 16.1. The van der Waals surface area contributed by atoms with Crippen LogP contribution in [0.1, 0.15) is 0 Å². The SMILES string of the molecule is O=c1c(NCCN2CCN(c3ccccc3F)CC2)c(-c2ccccc2)c1=O. The molecule has 1 N–H and O–H groups in total. The van der Waals surface area contributed by atoms with E-state index in [1.54, 1.807) is 6.07 Å². The van der Waals surface area contributed by atoms with E-state index in [9.17, 15) is 14.0 Å². The van der Waals surface area contributed by atoms with Gasteiger partial charge in [0.15, 0.2) is 0 Å². The van der Waals surface area contributed by atoms with E-state index < -0.39 is 10.9 Å². The number of halogens is 1. The van der Waals surface area contributed by atoms with Crippen molar-refractivity contribution in [2.24, 2.45) is 0 Å². The summed E-state index contributed by atoms with van der Waals surface area (Å²) in [4.78, 5) is 28.2. The average Bonchev–Trinajstić information content (AvgIpc) is 2.74. The number of nitrogens with one attached hydrogen (secondary N) is 1. The van der Waals surface area contributed by atoms with Gasteiger partial charge in [-0.2, -0.15) is 0 Å². The molecule has 1 aliphatic heterocycles. The van der Waals surface area contributed by atoms with Crippen LogP contribution < -0.4 is 21.1 Å². The van der Waals surface area contributed by atoms with Gasteiger partial charge in [0.05, 0.1) is 16.9 Å². The Morgan fingerprint density at radius 2 is 1.54 bits per heavy atom. The fourth-order valence-electron chi connectivity index (χ4n) is 3.70. The van der Waals surface area contributed by atoms with Crippen molar-refractivity contribution in [3.05, 3.63) is 80.9 Å². The number of hydrogen-bond acceptors (Lipinski definition) is 5. The molecule has 1 fully saturated rings. The smallest absolute Gasteiger partial charge is 0.250 e. The first kappa shape index (κ1) is 18.4. The van der Waals surface area contributed by atoms with E-state index in [2.05, 4.69) is 15.1 Å². The monoisotopic (exact) mass is 379 g/mol. The molecule has 3 aromatic rings. The van der Waals surface area contributed by atoms with Gasteiger partial charge in [-0.3, -0.25) is 14.5 Å². The van der Waals surface area contributed by atoms with E-state index in [-0.39, 0.29) is 5.82 Å². The number of piperazine rings is 1. The van der Waals surface area contributed by atoms with Crippen LogP contribution in [-0.2, 0) is 0 Å². The topological polar surface area (TPSA) is 52.7 Å². The highest BCUT2D eigenvalue weighted by Crippen LogP contribution is 2.23. The van der Waals surface area contributed by atoms with Crippen molar-refractivity contribution in [2.75, 3.05) is 49.5 Å². The van der Waals surface area contributed by atoms with Gasteiger partial charge in [0.25, 0.3) is 0 Å². The van der Waals surface area contributed by atoms with Gasteiger partial charge in [-0.05, 0) is 17.7 Å². The van der Waals surface area contributed by atoms with Crippen molar-refractivity contribution in [3.8, 4) is 11.1 Å². The summed E-state index contributed by atoms with van der Waals surface area (Å²) in [5.74, 6) is -0.189. The van der Waals surface area contributed by atoms with Crippen LogP contribution in [0.2, 0.25) is 0 Å². The summed E-state index contributed by atoms with van der Waals surface area (Å²) in [7, 11) is 0. The molecule has 0 spiro atoms. The summed E-state index contributed by atoms with van der Waals surface area (Å²) in [5.41, 5.74) is 1.45. The molecule has 4 rings (SSSR count). The summed E-state index contributed by atoms with van der Waals surface area (Å²) >= 11 is 0. The van der Waals surface area contributed by atoms with Crippen molar-refractivity contribution in [1.82, 2.24) is 4.90 Å². The van der Waals surface area contributed by atoms with Gasteiger partial charge in [-0.1, -0.05) is 42.5 Å². The zero-order chi connectivity index (χ0) is 19.5. The van der Waals surface area contributed by atoms with Crippen LogP contribution in [0.15, 0.2) is 64.2 Å². The van der Waals surface area contributed by atoms with Gasteiger partial charge < -0.3 is 10.2 Å². The highest BCUT2D eigenvalue weighted by atomic mass is 19.1. The summed E-state index contributed by atoms with van der Waals surface area (Å²) in [5, 5.41) is 3.14. The first-order chi connectivity index (χ1) is 13.6. The Labute approximate surface area is 162 Å². The van der Waals surface area contributed by atoms with Gasteiger partial charge >= 0.3 is 0 Å². The molecule has 1 saturated heterocycles. The van der Waals surface area contributed by atoms with Gasteiger partial charge in [0.1, 0.15) is 5.82 Å². The minimum absolute atomic E-state index is 0.189. The second kappa shape index (κ2) is 7.94. The molecule has 28 heavy (non-hydrogen) atoms. The summed E-state index contributed by atoms with van der Waals surface area (Å²) in [6.45, 7) is 4.52. The highest BCUT2D eigenvalue weighted by Gasteiger charge is 2.23. The van der Waals surface area contributed by atoms with Crippen molar-refractivity contribution < 1.29 is 4.39 Å². The van der Waals surface area contributed by atoms with Crippen LogP contribution in [0.5, 0.6) is 0 Å². The molecule has 1 heterocycles. The number of anilines is 2. The average molecular weight is 379 g/mol. The molecule has 0 atom stereocenters. The van der Waals surface area contributed by atoms with Crippen molar-refractivity contribution in [1.29, 1.82) is 0 Å². The fraction of sp³-hybridized carbons (Fsp3) is 0.273. The number of benzene rings is 2. The first-order valence-electron chi connectivity index (χ1n) is 9.49. The van der Waals surface area contributed by atoms with Crippen LogP contribution in [0.3, 0.4) is 0 Å². The third-order valence-corrected chi connectivity index (χ3v) is 5.27. The molecule has 0 aromatic heterocycles. The van der Waals surface area contributed by atoms with E-state index in [1.807, 2.05) is 42.5 Å². The van der Waals surface area contributed by atoms with E-state index in [1.165, 1.54) is 6.07 Å². The second-order valence-electron chi connectivity index (χ2n) is 6.98. The van der Waals surface area contributed by atoms with Crippen LogP contribution in [0.25, 0.3) is 11.1 Å². The van der Waals surface area contributed by atoms with Gasteiger partial charge in [-0.25, -0.2) is 4.39 Å². The zero-order valence-electron chi connectivity index (χ0n) is 15.5. The molecule has 0 radical (unpaired) electrons. The van der Waals surface area contributed by atoms with E-state index in [0.29, 0.717) is 23.5 Å². The Kier molecular flexibility index (Phi) is 5.21. The van der Waals surface area contributed by atoms with Crippen LogP contribution in [0, 0.1) is 5.82 Å². The maximum Gasteiger partial charge on any atom is 0.250 e. The van der Waals surface area contributed by atoms with E-state index in [4.69, 9.17) is 0 Å². The normalized spacial score (nSPS) is 15.1. The third kappa shape index (κ3) is 3.55. The maximum atomic E-state index is 13.9. The molecule has 5 nitrogen and oxygen atoms in total. The van der Waals surface area contributed by atoms with E-state index >= 15 is 0 Å². The van der Waals surface area contributed by atoms with Crippen molar-refractivity contribution >= 4 is 11.4 Å². The lowest BCUT2D eigenvalue weighted by Crippen LogP contribution is -2.48. The second-order valence-corrected chi connectivity index (χ2v) is 6.98. The van der Waals surface area contributed by atoms with Gasteiger partial charge in [0, 0.05) is 39.3 Å². The fourth-order valence-corrected chi connectivity index (χ4v) is 3.70. The third-order valence-electron chi connectivity index (χ3n) is 5.27. The molecule has 6 heteroatoms. The predicted octanol–water partition coefficient (Wildman–Crippen LogP) is 2.32. The Morgan fingerprint density at radius 1 is 0.857 bits per heavy atom. The number of rotatable bonds is 6. The highest BCUT2D eigenvalue weighted by molar-refractivity contribution is 5.81. The summed E-state index contributed by atoms with van der Waals surface area (Å²) in [6.07, 6.45) is 0. The molecule has 0 aliphatic carbocycles. The maximum absolute atomic E-state index is 13.9. The number of hydrogen-bond donors (Lipinski definition) is 1. The Hall–Kier alpha value is -2.99. The molecule has 0 bridgehead atoms. The lowest BCUT2D eigenvalue weighted by molar-refractivity contribution is 0.266. The van der Waals surface area contributed by atoms with Crippen molar-refractivity contribution in [2.45, 2.75) is 0 Å². The van der Waals surface area contributed by atoms with Crippen LogP contribution in [-0.4, -0.2) is 44.2 Å². The molecule has 0 unspecified atom stereocenters. The Bertz CT molecular complexity index is 1020. The molecule has 0 amide bonds. The van der Waals surface area contributed by atoms with E-state index in [0.717, 1.165) is 38.3 Å². The molecule has 1 aliphatic rings. The van der Waals surface area contributed by atoms with Gasteiger partial charge in [-0.15, -0.1) is 0 Å². The number of nitrogens with zero attached hydrogens (tertiary/aromatic N) is 2. The van der Waals surface area contributed by atoms with Crippen LogP contribution in [0.4, 0.5) is 15.8 Å². The molecule has 0 saturated carbocycles.